The fraction of sp³-hybridized carbons (Fsp3) is 0.870. The van der Waals surface area contributed by atoms with E-state index in [2.05, 4.69) is 47.6 Å². The summed E-state index contributed by atoms with van der Waals surface area (Å²) in [5.74, 6) is 1.37. The van der Waals surface area contributed by atoms with Gasteiger partial charge in [-0.05, 0) is 61.7 Å². The lowest BCUT2D eigenvalue weighted by atomic mass is 9.44. The Morgan fingerprint density at radius 1 is 1.27 bits per heavy atom. The van der Waals surface area contributed by atoms with Crippen LogP contribution in [0.25, 0.3) is 0 Å². The first kappa shape index (κ1) is 19.9. The van der Waals surface area contributed by atoms with Crippen molar-refractivity contribution >= 4 is 5.97 Å². The predicted molar refractivity (Wildman–Crippen MR) is 105 cm³/mol. The van der Waals surface area contributed by atoms with E-state index < -0.39 is 5.60 Å². The number of carbonyl (C=O) groups excluding carboxylic acids is 1. The van der Waals surface area contributed by atoms with Crippen LogP contribution in [-0.2, 0) is 9.53 Å². The normalized spacial score (nSPS) is 45.1. The second-order valence-corrected chi connectivity index (χ2v) is 10.8. The summed E-state index contributed by atoms with van der Waals surface area (Å²) in [6.07, 6.45) is 7.54. The maximum Gasteiger partial charge on any atom is 0.302 e. The van der Waals surface area contributed by atoms with Gasteiger partial charge >= 0.3 is 5.97 Å². The van der Waals surface area contributed by atoms with Gasteiger partial charge in [0.25, 0.3) is 0 Å². The Bertz CT molecular complexity index is 601. The molecule has 148 valence electrons. The molecule has 3 heteroatoms. The zero-order valence-corrected chi connectivity index (χ0v) is 17.8. The second kappa shape index (κ2) is 6.36. The number of hydrogen-bond acceptors (Lipinski definition) is 3. The van der Waals surface area contributed by atoms with Gasteiger partial charge in [-0.1, -0.05) is 46.3 Å². The lowest BCUT2D eigenvalue weighted by molar-refractivity contribution is -0.241. The van der Waals surface area contributed by atoms with Gasteiger partial charge in [-0.3, -0.25) is 4.79 Å². The van der Waals surface area contributed by atoms with E-state index in [1.54, 1.807) is 0 Å². The molecule has 3 fully saturated rings. The first-order valence-electron chi connectivity index (χ1n) is 10.5. The molecule has 1 N–H and O–H groups in total. The van der Waals surface area contributed by atoms with Crippen LogP contribution in [0.15, 0.2) is 11.6 Å². The quantitative estimate of drug-likeness (QED) is 0.557. The lowest BCUT2D eigenvalue weighted by Gasteiger charge is -2.63. The predicted octanol–water partition coefficient (Wildman–Crippen LogP) is 5.12. The van der Waals surface area contributed by atoms with Crippen molar-refractivity contribution in [2.75, 3.05) is 0 Å². The lowest BCUT2D eigenvalue weighted by Crippen LogP contribution is -2.67. The molecule has 0 radical (unpaired) electrons. The second-order valence-electron chi connectivity index (χ2n) is 10.8. The summed E-state index contributed by atoms with van der Waals surface area (Å²) in [5, 5.41) is 11.5. The summed E-state index contributed by atoms with van der Waals surface area (Å²) in [6, 6.07) is 0. The number of esters is 1. The Hall–Kier alpha value is -0.830. The van der Waals surface area contributed by atoms with Crippen LogP contribution in [0.5, 0.6) is 0 Å². The monoisotopic (exact) mass is 362 g/mol. The molecule has 0 heterocycles. The molecule has 3 rings (SSSR count). The third-order valence-corrected chi connectivity index (χ3v) is 8.00. The highest BCUT2D eigenvalue weighted by atomic mass is 16.5. The van der Waals surface area contributed by atoms with E-state index in [0.29, 0.717) is 23.7 Å². The average molecular weight is 363 g/mol. The fourth-order valence-electron chi connectivity index (χ4n) is 6.59. The summed E-state index contributed by atoms with van der Waals surface area (Å²) in [7, 11) is 0. The third kappa shape index (κ3) is 2.95. The Morgan fingerprint density at radius 2 is 1.92 bits per heavy atom. The zero-order valence-electron chi connectivity index (χ0n) is 17.8. The van der Waals surface area contributed by atoms with Crippen LogP contribution in [0, 0.1) is 34.5 Å². The molecule has 0 aromatic carbocycles. The van der Waals surface area contributed by atoms with Crippen molar-refractivity contribution in [1.82, 2.24) is 0 Å². The fourth-order valence-corrected chi connectivity index (χ4v) is 6.59. The standard InChI is InChI=1S/C23H38O3/c1-14(9-8-11-21(4,5)6)17-10-12-22(7)20(17)19-15(2)18(26-16(3)24)13-23(19,22)25/h9,15,17-20,25H,8,10-13H2,1-7H3. The summed E-state index contributed by atoms with van der Waals surface area (Å²) in [5.41, 5.74) is 1.20. The van der Waals surface area contributed by atoms with Crippen molar-refractivity contribution in [1.29, 1.82) is 0 Å². The molecular weight excluding hydrogens is 324 g/mol. The van der Waals surface area contributed by atoms with E-state index in [0.717, 1.165) is 12.8 Å². The van der Waals surface area contributed by atoms with Crippen molar-refractivity contribution in [3.05, 3.63) is 11.6 Å². The number of rotatable bonds is 4. The number of carbonyl (C=O) groups is 1. The van der Waals surface area contributed by atoms with E-state index in [9.17, 15) is 9.90 Å². The summed E-state index contributed by atoms with van der Waals surface area (Å²) < 4.78 is 5.56. The molecule has 3 aliphatic rings. The van der Waals surface area contributed by atoms with Crippen LogP contribution in [-0.4, -0.2) is 22.8 Å². The molecule has 3 saturated carbocycles. The maximum absolute atomic E-state index is 11.5. The average Bonchev–Trinajstić information content (AvgIpc) is 2.91. The molecule has 3 nitrogen and oxygen atoms in total. The number of aliphatic hydroxyl groups is 1. The minimum Gasteiger partial charge on any atom is -0.462 e. The molecule has 26 heavy (non-hydrogen) atoms. The van der Waals surface area contributed by atoms with Crippen molar-refractivity contribution in [2.24, 2.45) is 34.5 Å². The highest BCUT2D eigenvalue weighted by Gasteiger charge is 2.77. The molecule has 7 atom stereocenters. The van der Waals surface area contributed by atoms with Gasteiger partial charge in [-0.15, -0.1) is 0 Å². The Labute approximate surface area is 159 Å². The highest BCUT2D eigenvalue weighted by Crippen LogP contribution is 2.75. The molecule has 0 aromatic rings. The van der Waals surface area contributed by atoms with E-state index in [4.69, 9.17) is 4.74 Å². The minimum absolute atomic E-state index is 0.0232. The maximum atomic E-state index is 11.5. The van der Waals surface area contributed by atoms with E-state index >= 15 is 0 Å². The topological polar surface area (TPSA) is 46.5 Å². The van der Waals surface area contributed by atoms with Crippen molar-refractivity contribution in [2.45, 2.75) is 92.3 Å². The third-order valence-electron chi connectivity index (χ3n) is 8.00. The smallest absolute Gasteiger partial charge is 0.302 e. The van der Waals surface area contributed by atoms with Crippen LogP contribution >= 0.6 is 0 Å². The van der Waals surface area contributed by atoms with Gasteiger partial charge in [0, 0.05) is 18.8 Å². The van der Waals surface area contributed by atoms with Crippen molar-refractivity contribution < 1.29 is 14.6 Å². The molecule has 0 saturated heterocycles. The zero-order chi connectivity index (χ0) is 19.5. The minimum atomic E-state index is -0.655. The molecule has 3 aliphatic carbocycles. The Morgan fingerprint density at radius 3 is 2.50 bits per heavy atom. The van der Waals surface area contributed by atoms with Crippen LogP contribution < -0.4 is 0 Å². The summed E-state index contributed by atoms with van der Waals surface area (Å²) in [4.78, 5) is 11.5. The molecule has 0 amide bonds. The Kier molecular flexibility index (Phi) is 4.87. The van der Waals surface area contributed by atoms with Crippen molar-refractivity contribution in [3.8, 4) is 0 Å². The van der Waals surface area contributed by atoms with Gasteiger partial charge in [0.15, 0.2) is 0 Å². The van der Waals surface area contributed by atoms with E-state index in [1.807, 2.05) is 0 Å². The Balaban J connectivity index is 1.76. The van der Waals surface area contributed by atoms with Crippen LogP contribution in [0.1, 0.15) is 80.6 Å². The summed E-state index contributed by atoms with van der Waals surface area (Å²) in [6.45, 7) is 15.1. The highest BCUT2D eigenvalue weighted by molar-refractivity contribution is 5.66. The number of allylic oxidation sites excluding steroid dienone is 2. The van der Waals surface area contributed by atoms with Gasteiger partial charge in [0.1, 0.15) is 6.10 Å². The largest absolute Gasteiger partial charge is 0.462 e. The van der Waals surface area contributed by atoms with Gasteiger partial charge in [-0.25, -0.2) is 0 Å². The first-order chi connectivity index (χ1) is 11.9. The summed E-state index contributed by atoms with van der Waals surface area (Å²) >= 11 is 0. The molecule has 7 unspecified atom stereocenters. The molecule has 0 bridgehead atoms. The van der Waals surface area contributed by atoms with E-state index in [1.165, 1.54) is 25.3 Å². The molecule has 0 aliphatic heterocycles. The van der Waals surface area contributed by atoms with Gasteiger partial charge in [-0.2, -0.15) is 0 Å². The van der Waals surface area contributed by atoms with Gasteiger partial charge in [0.2, 0.25) is 0 Å². The SMILES string of the molecule is CC(=O)OC1CC2(O)C(C1C)C1C(C(C)=CCCC(C)(C)C)CCC12C. The van der Waals surface area contributed by atoms with Crippen LogP contribution in [0.4, 0.5) is 0 Å². The molecule has 0 spiro atoms. The molecule has 0 aromatic heterocycles. The number of fused-ring (bicyclic) bond motifs is 4. The first-order valence-corrected chi connectivity index (χ1v) is 10.5. The molecular formula is C23H38O3. The number of hydrogen-bond donors (Lipinski definition) is 1. The number of ether oxygens (including phenoxy) is 1. The van der Waals surface area contributed by atoms with Gasteiger partial charge < -0.3 is 9.84 Å². The van der Waals surface area contributed by atoms with Crippen LogP contribution in [0.3, 0.4) is 0 Å². The van der Waals surface area contributed by atoms with Crippen LogP contribution in [0.2, 0.25) is 0 Å². The van der Waals surface area contributed by atoms with Crippen molar-refractivity contribution in [3.63, 3.8) is 0 Å². The van der Waals surface area contributed by atoms with E-state index in [-0.39, 0.29) is 29.3 Å². The van der Waals surface area contributed by atoms with Gasteiger partial charge in [0.05, 0.1) is 5.60 Å².